The van der Waals surface area contributed by atoms with E-state index in [4.69, 9.17) is 4.74 Å². The fourth-order valence-electron chi connectivity index (χ4n) is 7.18. The highest BCUT2D eigenvalue weighted by atomic mass is 32.2. The molecule has 1 aromatic rings. The molecule has 8 heteroatoms. The Morgan fingerprint density at radius 2 is 1.55 bits per heavy atom. The van der Waals surface area contributed by atoms with Crippen LogP contribution in [0, 0.1) is 29.6 Å². The monoisotopic (exact) mass is 546 g/mol. The Morgan fingerprint density at radius 3 is 2.13 bits per heavy atom. The lowest BCUT2D eigenvalue weighted by Crippen LogP contribution is -2.52. The Bertz CT molecular complexity index is 1050. The summed E-state index contributed by atoms with van der Waals surface area (Å²) in [6, 6.07) is 6.93. The molecule has 212 valence electrons. The number of fused-ring (bicyclic) bond motifs is 3. The lowest BCUT2D eigenvalue weighted by Gasteiger charge is -2.50. The molecule has 4 aliphatic carbocycles. The maximum atomic E-state index is 13.3. The van der Waals surface area contributed by atoms with E-state index >= 15 is 0 Å². The van der Waals surface area contributed by atoms with Crippen LogP contribution in [0.25, 0.3) is 0 Å². The molecule has 38 heavy (non-hydrogen) atoms. The van der Waals surface area contributed by atoms with Crippen molar-refractivity contribution in [2.45, 2.75) is 108 Å². The van der Waals surface area contributed by atoms with Crippen LogP contribution in [0.4, 0.5) is 0 Å². The molecular formula is C30H46N2O5S. The van der Waals surface area contributed by atoms with E-state index in [1.165, 1.54) is 13.5 Å². The number of nitrogens with one attached hydrogen (secondary N) is 2. The molecule has 4 saturated carbocycles. The fraction of sp³-hybridized carbons (Fsp3) is 0.733. The van der Waals surface area contributed by atoms with Gasteiger partial charge in [-0.1, -0.05) is 43.9 Å². The fourth-order valence-corrected chi connectivity index (χ4v) is 8.59. The average Bonchev–Trinajstić information content (AvgIpc) is 2.95. The largest absolute Gasteiger partial charge is 0.469 e. The number of carbonyl (C=O) groups is 2. The van der Waals surface area contributed by atoms with Crippen molar-refractivity contribution < 1.29 is 22.7 Å². The normalized spacial score (nSPS) is 27.4. The molecule has 0 aromatic heterocycles. The summed E-state index contributed by atoms with van der Waals surface area (Å²) in [6.45, 7) is 4.69. The summed E-state index contributed by atoms with van der Waals surface area (Å²) in [4.78, 5) is 25.8. The Balaban J connectivity index is 1.31. The molecule has 0 heterocycles. The molecular weight excluding hydrogens is 500 g/mol. The maximum absolute atomic E-state index is 13.3. The highest BCUT2D eigenvalue weighted by Gasteiger charge is 2.55. The number of ether oxygens (including phenoxy) is 1. The van der Waals surface area contributed by atoms with Gasteiger partial charge in [0, 0.05) is 18.0 Å². The Labute approximate surface area is 228 Å². The predicted molar refractivity (Wildman–Crippen MR) is 148 cm³/mol. The van der Waals surface area contributed by atoms with Crippen LogP contribution in [0.3, 0.4) is 0 Å². The molecule has 5 rings (SSSR count). The highest BCUT2D eigenvalue weighted by Crippen LogP contribution is 2.57. The minimum atomic E-state index is -3.60. The first-order chi connectivity index (χ1) is 18.1. The quantitative estimate of drug-likeness (QED) is 0.291. The molecule has 0 aliphatic heterocycles. The second-order valence-electron chi connectivity index (χ2n) is 12.3. The zero-order chi connectivity index (χ0) is 27.4. The van der Waals surface area contributed by atoms with Gasteiger partial charge in [-0.15, -0.1) is 0 Å². The van der Waals surface area contributed by atoms with Crippen molar-refractivity contribution in [1.82, 2.24) is 10.0 Å². The van der Waals surface area contributed by atoms with Gasteiger partial charge in [0.1, 0.15) is 0 Å². The van der Waals surface area contributed by atoms with E-state index in [0.717, 1.165) is 82.6 Å². The third-order valence-corrected chi connectivity index (χ3v) is 11.3. The van der Waals surface area contributed by atoms with Crippen molar-refractivity contribution in [3.8, 4) is 0 Å². The zero-order valence-corrected chi connectivity index (χ0v) is 24.2. The summed E-state index contributed by atoms with van der Waals surface area (Å²) in [6.07, 6.45) is 11.7. The van der Waals surface area contributed by atoms with Crippen LogP contribution in [-0.4, -0.2) is 40.0 Å². The minimum absolute atomic E-state index is 0.112. The van der Waals surface area contributed by atoms with Crippen LogP contribution in [0.1, 0.15) is 96.0 Å². The molecule has 2 bridgehead atoms. The lowest BCUT2D eigenvalue weighted by molar-refractivity contribution is -0.166. The van der Waals surface area contributed by atoms with Crippen LogP contribution >= 0.6 is 0 Å². The topological polar surface area (TPSA) is 102 Å². The number of sulfonamides is 1. The summed E-state index contributed by atoms with van der Waals surface area (Å²) in [5.41, 5.74) is 0.300. The van der Waals surface area contributed by atoms with E-state index in [1.807, 2.05) is 19.1 Å². The van der Waals surface area contributed by atoms with Gasteiger partial charge in [-0.05, 0) is 95.1 Å². The van der Waals surface area contributed by atoms with Crippen molar-refractivity contribution in [2.75, 3.05) is 13.7 Å². The molecule has 0 saturated heterocycles. The van der Waals surface area contributed by atoms with Gasteiger partial charge in [0.25, 0.3) is 0 Å². The van der Waals surface area contributed by atoms with Gasteiger partial charge in [0.2, 0.25) is 15.9 Å². The standard InChI is InChI=1S/C30H46N2O5S/c1-22-11-13-25(14-12-22)38(35,36)32-26(24-9-5-4-6-10-24)23(2)8-7-21-31-27(33)29-15-18-30(19-16-29,20-17-29)28(34)37-3/h11-14,23-24,26,32H,4-10,15-21H2,1-3H3,(H,31,33). The number of carbonyl (C=O) groups excluding carboxylic acids is 2. The van der Waals surface area contributed by atoms with Gasteiger partial charge in [0.15, 0.2) is 0 Å². The SMILES string of the molecule is COC(=O)C12CCC(C(=O)NCCCC(C)C(NS(=O)(=O)c3ccc(C)cc3)C3CCCCC3)(CC1)CC2. The molecule has 1 amide bonds. The second-order valence-corrected chi connectivity index (χ2v) is 14.0. The molecule has 2 N–H and O–H groups in total. The van der Waals surface area contributed by atoms with Gasteiger partial charge < -0.3 is 10.1 Å². The first-order valence-corrected chi connectivity index (χ1v) is 16.0. The number of methoxy groups -OCH3 is 1. The molecule has 4 aliphatic rings. The number of hydrogen-bond donors (Lipinski definition) is 2. The van der Waals surface area contributed by atoms with E-state index in [9.17, 15) is 18.0 Å². The van der Waals surface area contributed by atoms with Gasteiger partial charge in [-0.2, -0.15) is 0 Å². The number of hydrogen-bond acceptors (Lipinski definition) is 5. The molecule has 2 atom stereocenters. The number of aryl methyl sites for hydroxylation is 1. The van der Waals surface area contributed by atoms with E-state index in [2.05, 4.69) is 17.0 Å². The van der Waals surface area contributed by atoms with E-state index in [1.54, 1.807) is 12.1 Å². The number of benzene rings is 1. The third-order valence-electron chi connectivity index (χ3n) is 9.86. The third kappa shape index (κ3) is 6.27. The lowest BCUT2D eigenvalue weighted by atomic mass is 9.53. The smallest absolute Gasteiger partial charge is 0.311 e. The van der Waals surface area contributed by atoms with E-state index < -0.39 is 10.0 Å². The first kappa shape index (κ1) is 29.1. The molecule has 7 nitrogen and oxygen atoms in total. The van der Waals surface area contributed by atoms with Crippen molar-refractivity contribution in [1.29, 1.82) is 0 Å². The number of rotatable bonds is 11. The molecule has 1 aromatic carbocycles. The van der Waals surface area contributed by atoms with Gasteiger partial charge >= 0.3 is 5.97 Å². The Hall–Kier alpha value is -1.93. The Kier molecular flexibility index (Phi) is 9.23. The van der Waals surface area contributed by atoms with E-state index in [-0.39, 0.29) is 34.7 Å². The summed E-state index contributed by atoms with van der Waals surface area (Å²) < 4.78 is 34.6. The van der Waals surface area contributed by atoms with Crippen molar-refractivity contribution in [3.05, 3.63) is 29.8 Å². The van der Waals surface area contributed by atoms with Crippen molar-refractivity contribution >= 4 is 21.9 Å². The van der Waals surface area contributed by atoms with Gasteiger partial charge in [-0.3, -0.25) is 9.59 Å². The van der Waals surface area contributed by atoms with Crippen LogP contribution in [0.2, 0.25) is 0 Å². The molecule has 2 unspecified atom stereocenters. The van der Waals surface area contributed by atoms with E-state index in [0.29, 0.717) is 17.4 Å². The molecule has 0 radical (unpaired) electrons. The number of amides is 1. The number of esters is 1. The van der Waals surface area contributed by atoms with Crippen LogP contribution in [0.15, 0.2) is 29.2 Å². The van der Waals surface area contributed by atoms with Crippen molar-refractivity contribution in [2.24, 2.45) is 22.7 Å². The van der Waals surface area contributed by atoms with Crippen LogP contribution in [-0.2, 0) is 24.3 Å². The van der Waals surface area contributed by atoms with Gasteiger partial charge in [0.05, 0.1) is 17.4 Å². The Morgan fingerprint density at radius 1 is 0.974 bits per heavy atom. The summed E-state index contributed by atoms with van der Waals surface area (Å²) in [7, 11) is -2.15. The highest BCUT2D eigenvalue weighted by molar-refractivity contribution is 7.89. The molecule has 4 fully saturated rings. The molecule has 0 spiro atoms. The first-order valence-electron chi connectivity index (χ1n) is 14.6. The second kappa shape index (κ2) is 12.1. The van der Waals surface area contributed by atoms with Crippen LogP contribution < -0.4 is 10.0 Å². The van der Waals surface area contributed by atoms with Crippen molar-refractivity contribution in [3.63, 3.8) is 0 Å². The van der Waals surface area contributed by atoms with Crippen LogP contribution in [0.5, 0.6) is 0 Å². The minimum Gasteiger partial charge on any atom is -0.469 e. The predicted octanol–water partition coefficient (Wildman–Crippen LogP) is 5.27. The summed E-state index contributed by atoms with van der Waals surface area (Å²) >= 11 is 0. The summed E-state index contributed by atoms with van der Waals surface area (Å²) in [5.74, 6) is 0.503. The summed E-state index contributed by atoms with van der Waals surface area (Å²) in [5, 5.41) is 3.18. The maximum Gasteiger partial charge on any atom is 0.311 e. The zero-order valence-electron chi connectivity index (χ0n) is 23.4. The van der Waals surface area contributed by atoms with Gasteiger partial charge in [-0.25, -0.2) is 13.1 Å². The average molecular weight is 547 g/mol.